The first-order valence-electron chi connectivity index (χ1n) is 10.8. The maximum atomic E-state index is 12.9. The van der Waals surface area contributed by atoms with Crippen LogP contribution in [0.3, 0.4) is 0 Å². The normalized spacial score (nSPS) is 11.1. The van der Waals surface area contributed by atoms with Gasteiger partial charge >= 0.3 is 6.09 Å². The number of benzene rings is 3. The van der Waals surface area contributed by atoms with E-state index in [9.17, 15) is 14.4 Å². The van der Waals surface area contributed by atoms with Gasteiger partial charge in [0, 0.05) is 31.8 Å². The molecule has 0 aliphatic carbocycles. The summed E-state index contributed by atoms with van der Waals surface area (Å²) in [5.41, 5.74) is 7.73. The van der Waals surface area contributed by atoms with Gasteiger partial charge in [-0.3, -0.25) is 20.4 Å². The van der Waals surface area contributed by atoms with Gasteiger partial charge in [-0.1, -0.05) is 66.7 Å². The summed E-state index contributed by atoms with van der Waals surface area (Å²) in [5.74, 6) is -1.04. The first-order valence-corrected chi connectivity index (χ1v) is 10.8. The number of hydrazine groups is 1. The lowest BCUT2D eigenvalue weighted by Crippen LogP contribution is -2.53. The van der Waals surface area contributed by atoms with Crippen LogP contribution in [0, 0.1) is 0 Å². The van der Waals surface area contributed by atoms with E-state index in [0.29, 0.717) is 5.56 Å². The van der Waals surface area contributed by atoms with Gasteiger partial charge in [0.25, 0.3) is 11.8 Å². The predicted octanol–water partition coefficient (Wildman–Crippen LogP) is 3.05. The molecular weight excluding hydrogens is 432 g/mol. The minimum atomic E-state index is -0.959. The Morgan fingerprint density at radius 1 is 0.824 bits per heavy atom. The van der Waals surface area contributed by atoms with Crippen molar-refractivity contribution in [2.75, 3.05) is 19.0 Å². The van der Waals surface area contributed by atoms with E-state index in [0.717, 1.165) is 16.8 Å². The smallest absolute Gasteiger partial charge is 0.408 e. The molecule has 3 aromatic rings. The number of hydrogen-bond donors (Lipinski definition) is 3. The van der Waals surface area contributed by atoms with Crippen LogP contribution in [-0.4, -0.2) is 38.0 Å². The molecular formula is C26H28N4O4. The Hall–Kier alpha value is -4.33. The Labute approximate surface area is 198 Å². The zero-order chi connectivity index (χ0) is 24.3. The van der Waals surface area contributed by atoms with Gasteiger partial charge in [0.15, 0.2) is 0 Å². The topological polar surface area (TPSA) is 99.8 Å². The molecule has 0 bridgehead atoms. The molecule has 0 fully saturated rings. The zero-order valence-electron chi connectivity index (χ0n) is 19.2. The summed E-state index contributed by atoms with van der Waals surface area (Å²) in [6.07, 6.45) is -0.510. The number of nitrogens with zero attached hydrogens (tertiary/aromatic N) is 1. The van der Waals surface area contributed by atoms with Gasteiger partial charge in [0.1, 0.15) is 12.6 Å². The minimum absolute atomic E-state index is 0.0747. The number of nitrogens with one attached hydrogen (secondary N) is 3. The van der Waals surface area contributed by atoms with Gasteiger partial charge in [0.05, 0.1) is 0 Å². The van der Waals surface area contributed by atoms with Crippen molar-refractivity contribution in [3.8, 4) is 0 Å². The molecule has 3 aromatic carbocycles. The van der Waals surface area contributed by atoms with E-state index in [-0.39, 0.29) is 13.0 Å². The molecule has 0 saturated carbocycles. The molecule has 8 heteroatoms. The van der Waals surface area contributed by atoms with Crippen molar-refractivity contribution in [2.45, 2.75) is 19.1 Å². The molecule has 3 amide bonds. The molecule has 1 atom stereocenters. The second-order valence-corrected chi connectivity index (χ2v) is 7.84. The summed E-state index contributed by atoms with van der Waals surface area (Å²) in [7, 11) is 3.74. The Morgan fingerprint density at radius 3 is 2.12 bits per heavy atom. The standard InChI is InChI=1S/C26H28N4O4/c1-30(2)22-15-9-14-21(17-22)24(31)28-29-25(32)23(16-19-10-5-3-6-11-19)27-26(33)34-18-20-12-7-4-8-13-20/h3-15,17,23H,16,18H2,1-2H3,(H,27,33)(H,28,31)(H,29,32)/t23-/m0/s1. The van der Waals surface area contributed by atoms with Crippen molar-refractivity contribution in [1.29, 1.82) is 0 Å². The molecule has 0 aliphatic rings. The second kappa shape index (κ2) is 12.1. The Morgan fingerprint density at radius 2 is 1.47 bits per heavy atom. The molecule has 0 radical (unpaired) electrons. The van der Waals surface area contributed by atoms with Crippen LogP contribution in [0.4, 0.5) is 10.5 Å². The van der Waals surface area contributed by atoms with Gasteiger partial charge in [-0.15, -0.1) is 0 Å². The largest absolute Gasteiger partial charge is 0.445 e. The molecule has 3 rings (SSSR count). The molecule has 3 N–H and O–H groups in total. The molecule has 0 saturated heterocycles. The number of carbonyl (C=O) groups excluding carboxylic acids is 3. The zero-order valence-corrected chi connectivity index (χ0v) is 19.2. The van der Waals surface area contributed by atoms with Crippen LogP contribution in [0.25, 0.3) is 0 Å². The number of rotatable bonds is 8. The molecule has 0 aromatic heterocycles. The predicted molar refractivity (Wildman–Crippen MR) is 130 cm³/mol. The van der Waals surface area contributed by atoms with Crippen molar-refractivity contribution < 1.29 is 19.1 Å². The van der Waals surface area contributed by atoms with Crippen LogP contribution < -0.4 is 21.1 Å². The number of carbonyl (C=O) groups is 3. The summed E-state index contributed by atoms with van der Waals surface area (Å²) < 4.78 is 5.25. The van der Waals surface area contributed by atoms with E-state index in [1.54, 1.807) is 18.2 Å². The Kier molecular flexibility index (Phi) is 8.62. The number of ether oxygens (including phenoxy) is 1. The third kappa shape index (κ3) is 7.37. The van der Waals surface area contributed by atoms with Gasteiger partial charge in [-0.25, -0.2) is 4.79 Å². The SMILES string of the molecule is CN(C)c1cccc(C(=O)NNC(=O)[C@H](Cc2ccccc2)NC(=O)OCc2ccccc2)c1. The lowest BCUT2D eigenvalue weighted by Gasteiger charge is -2.19. The highest BCUT2D eigenvalue weighted by Gasteiger charge is 2.23. The monoisotopic (exact) mass is 460 g/mol. The van der Waals surface area contributed by atoms with Crippen LogP contribution >= 0.6 is 0 Å². The second-order valence-electron chi connectivity index (χ2n) is 7.84. The summed E-state index contributed by atoms with van der Waals surface area (Å²) >= 11 is 0. The van der Waals surface area contributed by atoms with Crippen LogP contribution in [0.15, 0.2) is 84.9 Å². The first-order chi connectivity index (χ1) is 16.4. The molecule has 0 aliphatic heterocycles. The number of alkyl carbamates (subject to hydrolysis) is 1. The fourth-order valence-electron chi connectivity index (χ4n) is 3.17. The van der Waals surface area contributed by atoms with Gasteiger partial charge in [0.2, 0.25) is 0 Å². The average Bonchev–Trinajstić information content (AvgIpc) is 2.86. The third-order valence-corrected chi connectivity index (χ3v) is 5.03. The summed E-state index contributed by atoms with van der Waals surface area (Å²) in [5, 5.41) is 2.59. The molecule has 8 nitrogen and oxygen atoms in total. The van der Waals surface area contributed by atoms with E-state index < -0.39 is 23.9 Å². The summed E-state index contributed by atoms with van der Waals surface area (Å²) in [4.78, 5) is 39.6. The summed E-state index contributed by atoms with van der Waals surface area (Å²) in [6.45, 7) is 0.0747. The van der Waals surface area contributed by atoms with E-state index >= 15 is 0 Å². The highest BCUT2D eigenvalue weighted by molar-refractivity contribution is 5.97. The quantitative estimate of drug-likeness (QED) is 0.449. The van der Waals surface area contributed by atoms with Crippen molar-refractivity contribution >= 4 is 23.6 Å². The number of hydrogen-bond acceptors (Lipinski definition) is 5. The molecule has 0 spiro atoms. The fraction of sp³-hybridized carbons (Fsp3) is 0.192. The van der Waals surface area contributed by atoms with E-state index in [4.69, 9.17) is 4.74 Å². The van der Waals surface area contributed by atoms with E-state index in [1.165, 1.54) is 0 Å². The van der Waals surface area contributed by atoms with Crippen LogP contribution in [0.2, 0.25) is 0 Å². The highest BCUT2D eigenvalue weighted by Crippen LogP contribution is 2.13. The first kappa shape index (κ1) is 24.3. The van der Waals surface area contributed by atoms with Gasteiger partial charge in [-0.05, 0) is 29.3 Å². The van der Waals surface area contributed by atoms with Gasteiger partial charge in [-0.2, -0.15) is 0 Å². The number of anilines is 1. The molecule has 0 unspecified atom stereocenters. The average molecular weight is 461 g/mol. The van der Waals surface area contributed by atoms with Crippen LogP contribution in [0.5, 0.6) is 0 Å². The highest BCUT2D eigenvalue weighted by atomic mass is 16.5. The van der Waals surface area contributed by atoms with E-state index in [1.807, 2.05) is 85.7 Å². The van der Waals surface area contributed by atoms with E-state index in [2.05, 4.69) is 16.2 Å². The van der Waals surface area contributed by atoms with Crippen molar-refractivity contribution in [2.24, 2.45) is 0 Å². The van der Waals surface area contributed by atoms with Crippen LogP contribution in [0.1, 0.15) is 21.5 Å². The molecule has 34 heavy (non-hydrogen) atoms. The summed E-state index contributed by atoms with van der Waals surface area (Å²) in [6, 6.07) is 24.5. The Balaban J connectivity index is 1.62. The Bertz CT molecular complexity index is 1100. The number of amides is 3. The lowest BCUT2D eigenvalue weighted by atomic mass is 10.1. The fourth-order valence-corrected chi connectivity index (χ4v) is 3.17. The maximum Gasteiger partial charge on any atom is 0.408 e. The maximum absolute atomic E-state index is 12.9. The van der Waals surface area contributed by atoms with Crippen molar-refractivity contribution in [3.63, 3.8) is 0 Å². The lowest BCUT2D eigenvalue weighted by molar-refractivity contribution is -0.123. The minimum Gasteiger partial charge on any atom is -0.445 e. The molecule has 0 heterocycles. The van der Waals surface area contributed by atoms with Gasteiger partial charge < -0.3 is 15.0 Å². The van der Waals surface area contributed by atoms with Crippen LogP contribution in [-0.2, 0) is 22.6 Å². The molecule has 176 valence electrons. The third-order valence-electron chi connectivity index (χ3n) is 5.03. The van der Waals surface area contributed by atoms with Crippen molar-refractivity contribution in [3.05, 3.63) is 102 Å². The van der Waals surface area contributed by atoms with Crippen molar-refractivity contribution in [1.82, 2.24) is 16.2 Å².